The van der Waals surface area contributed by atoms with E-state index < -0.39 is 0 Å². The third-order valence-corrected chi connectivity index (χ3v) is 4.00. The lowest BCUT2D eigenvalue weighted by Gasteiger charge is -2.30. The number of hydrogen-bond acceptors (Lipinski definition) is 5. The molecule has 24 heavy (non-hydrogen) atoms. The van der Waals surface area contributed by atoms with Crippen molar-refractivity contribution in [3.63, 3.8) is 0 Å². The molecule has 1 aliphatic rings. The zero-order chi connectivity index (χ0) is 17.4. The molecule has 0 unspecified atom stereocenters. The van der Waals surface area contributed by atoms with Crippen molar-refractivity contribution in [2.24, 2.45) is 21.8 Å². The number of nitrogens with two attached hydrogens (primary N) is 1. The number of ether oxygens (including phenoxy) is 1. The summed E-state index contributed by atoms with van der Waals surface area (Å²) in [7, 11) is 3.10. The predicted octanol–water partition coefficient (Wildman–Crippen LogP) is 1.27. The number of methoxy groups -OCH3 is 1. The monoisotopic (exact) mass is 332 g/mol. The fourth-order valence-electron chi connectivity index (χ4n) is 2.66. The van der Waals surface area contributed by atoms with Crippen LogP contribution in [-0.2, 0) is 9.63 Å². The number of para-hydroxylation sites is 1. The highest BCUT2D eigenvalue weighted by Gasteiger charge is 2.21. The molecule has 1 aromatic rings. The lowest BCUT2D eigenvalue weighted by atomic mass is 9.98. The molecule has 0 bridgehead atoms. The molecule has 1 aromatic carbocycles. The summed E-state index contributed by atoms with van der Waals surface area (Å²) in [5.74, 6) is 1.45. The highest BCUT2D eigenvalue weighted by molar-refractivity contribution is 6.04. The summed E-state index contributed by atoms with van der Waals surface area (Å²) in [6, 6.07) is 7.53. The number of likely N-dealkylation sites (tertiary alicyclic amines) is 1. The van der Waals surface area contributed by atoms with Crippen LogP contribution in [0.1, 0.15) is 18.4 Å². The van der Waals surface area contributed by atoms with Gasteiger partial charge in [-0.2, -0.15) is 0 Å². The molecule has 1 heterocycles. The minimum absolute atomic E-state index is 0.000968. The van der Waals surface area contributed by atoms with E-state index in [9.17, 15) is 4.79 Å². The second-order valence-electron chi connectivity index (χ2n) is 5.50. The molecule has 1 amide bonds. The number of rotatable bonds is 5. The Labute approximate surface area is 142 Å². The van der Waals surface area contributed by atoms with Gasteiger partial charge in [-0.25, -0.2) is 4.99 Å². The van der Waals surface area contributed by atoms with E-state index in [1.807, 2.05) is 30.5 Å². The lowest BCUT2D eigenvalue weighted by Crippen LogP contribution is -2.41. The smallest absolute Gasteiger partial charge is 0.236 e. The maximum atomic E-state index is 11.6. The number of aliphatic imine (C=N–C) groups is 1. The molecule has 1 fully saturated rings. The second-order valence-corrected chi connectivity index (χ2v) is 5.50. The van der Waals surface area contributed by atoms with Crippen LogP contribution in [0.15, 0.2) is 34.4 Å². The van der Waals surface area contributed by atoms with Crippen LogP contribution in [0.2, 0.25) is 0 Å². The number of carbonyl (C=O) groups excluding carboxylic acids is 1. The van der Waals surface area contributed by atoms with Gasteiger partial charge in [0.15, 0.2) is 0 Å². The summed E-state index contributed by atoms with van der Waals surface area (Å²) in [6.07, 6.45) is 3.61. The van der Waals surface area contributed by atoms with Crippen molar-refractivity contribution in [1.82, 2.24) is 4.90 Å². The third kappa shape index (κ3) is 4.55. The number of benzene rings is 1. The van der Waals surface area contributed by atoms with Crippen LogP contribution in [0.3, 0.4) is 0 Å². The molecule has 0 saturated carbocycles. The molecule has 0 aliphatic carbocycles. The predicted molar refractivity (Wildman–Crippen MR) is 93.4 cm³/mol. The Kier molecular flexibility index (Phi) is 6.74. The van der Waals surface area contributed by atoms with Crippen molar-refractivity contribution in [2.75, 3.05) is 33.9 Å². The molecule has 7 heteroatoms. The molecule has 0 atom stereocenters. The molecular formula is C17H24N4O3. The Hall–Kier alpha value is -2.41. The minimum atomic E-state index is 0.000968. The number of carbonyl (C=O) groups is 1. The van der Waals surface area contributed by atoms with Gasteiger partial charge in [-0.05, 0) is 30.9 Å². The van der Waals surface area contributed by atoms with Crippen LogP contribution in [0.4, 0.5) is 0 Å². The number of nitrogens with zero attached hydrogens (tertiary/aromatic N) is 3. The van der Waals surface area contributed by atoms with Crippen LogP contribution in [-0.4, -0.2) is 56.7 Å². The molecule has 2 rings (SSSR count). The third-order valence-electron chi connectivity index (χ3n) is 4.00. The van der Waals surface area contributed by atoms with Gasteiger partial charge in [0, 0.05) is 19.3 Å². The quantitative estimate of drug-likeness (QED) is 0.499. The number of amidine groups is 1. The summed E-state index contributed by atoms with van der Waals surface area (Å²) in [4.78, 5) is 22.8. The largest absolute Gasteiger partial charge is 0.496 e. The first-order valence-corrected chi connectivity index (χ1v) is 7.96. The Morgan fingerprint density at radius 3 is 2.67 bits per heavy atom. The molecule has 0 radical (unpaired) electrons. The van der Waals surface area contributed by atoms with E-state index in [0.717, 1.165) is 18.4 Å². The average molecular weight is 332 g/mol. The SMILES string of the molecule is CO/N=C(\N=CC1CCN(C(=O)CN)CC1)c1ccccc1OC. The number of oxime groups is 1. The highest BCUT2D eigenvalue weighted by Crippen LogP contribution is 2.20. The van der Waals surface area contributed by atoms with E-state index >= 15 is 0 Å². The fraction of sp³-hybridized carbons (Fsp3) is 0.471. The molecule has 0 aromatic heterocycles. The Bertz CT molecular complexity index is 608. The molecule has 1 saturated heterocycles. The van der Waals surface area contributed by atoms with Gasteiger partial charge < -0.3 is 20.2 Å². The molecule has 130 valence electrons. The Morgan fingerprint density at radius 2 is 2.04 bits per heavy atom. The van der Waals surface area contributed by atoms with E-state index in [0.29, 0.717) is 30.6 Å². The van der Waals surface area contributed by atoms with E-state index in [-0.39, 0.29) is 12.5 Å². The van der Waals surface area contributed by atoms with Crippen LogP contribution in [0, 0.1) is 5.92 Å². The summed E-state index contributed by atoms with van der Waals surface area (Å²) >= 11 is 0. The van der Waals surface area contributed by atoms with Crippen molar-refractivity contribution in [3.8, 4) is 5.75 Å². The number of hydrogen-bond donors (Lipinski definition) is 1. The van der Waals surface area contributed by atoms with Gasteiger partial charge in [0.05, 0.1) is 19.2 Å². The summed E-state index contributed by atoms with van der Waals surface area (Å²) in [6.45, 7) is 1.48. The van der Waals surface area contributed by atoms with Crippen LogP contribution in [0.5, 0.6) is 5.75 Å². The van der Waals surface area contributed by atoms with Crippen LogP contribution >= 0.6 is 0 Å². The highest BCUT2D eigenvalue weighted by atomic mass is 16.6. The summed E-state index contributed by atoms with van der Waals surface area (Å²) < 4.78 is 5.35. The lowest BCUT2D eigenvalue weighted by molar-refractivity contribution is -0.130. The van der Waals surface area contributed by atoms with Gasteiger partial charge in [-0.3, -0.25) is 4.79 Å². The fourth-order valence-corrected chi connectivity index (χ4v) is 2.66. The molecule has 2 N–H and O–H groups in total. The zero-order valence-corrected chi connectivity index (χ0v) is 14.1. The maximum Gasteiger partial charge on any atom is 0.236 e. The second kappa shape index (κ2) is 9.02. The standard InChI is InChI=1S/C17H24N4O3/c1-23-15-6-4-3-5-14(15)17(20-24-2)19-12-13-7-9-21(10-8-13)16(22)11-18/h3-6,12-13H,7-11,18H2,1-2H3/b19-12?,20-17-. The average Bonchev–Trinajstić information content (AvgIpc) is 2.65. The normalized spacial score (nSPS) is 16.5. The van der Waals surface area contributed by atoms with Crippen molar-refractivity contribution < 1.29 is 14.4 Å². The zero-order valence-electron chi connectivity index (χ0n) is 14.1. The first-order chi connectivity index (χ1) is 11.7. The molecule has 0 spiro atoms. The summed E-state index contributed by atoms with van der Waals surface area (Å²) in [5.41, 5.74) is 6.17. The van der Waals surface area contributed by atoms with Crippen molar-refractivity contribution in [2.45, 2.75) is 12.8 Å². The Morgan fingerprint density at radius 1 is 1.33 bits per heavy atom. The number of piperidine rings is 1. The van der Waals surface area contributed by atoms with Gasteiger partial charge >= 0.3 is 0 Å². The van der Waals surface area contributed by atoms with Gasteiger partial charge in [0.1, 0.15) is 12.9 Å². The van der Waals surface area contributed by atoms with Crippen molar-refractivity contribution >= 4 is 18.0 Å². The van der Waals surface area contributed by atoms with Crippen molar-refractivity contribution in [1.29, 1.82) is 0 Å². The summed E-state index contributed by atoms with van der Waals surface area (Å²) in [5, 5.41) is 4.00. The molecular weight excluding hydrogens is 308 g/mol. The van der Waals surface area contributed by atoms with Gasteiger partial charge in [0.25, 0.3) is 0 Å². The van der Waals surface area contributed by atoms with E-state index in [2.05, 4.69) is 10.1 Å². The van der Waals surface area contributed by atoms with Crippen LogP contribution in [0.25, 0.3) is 0 Å². The van der Waals surface area contributed by atoms with Gasteiger partial charge in [-0.15, -0.1) is 0 Å². The van der Waals surface area contributed by atoms with E-state index in [4.69, 9.17) is 15.3 Å². The minimum Gasteiger partial charge on any atom is -0.496 e. The van der Waals surface area contributed by atoms with Gasteiger partial charge in [-0.1, -0.05) is 17.3 Å². The van der Waals surface area contributed by atoms with E-state index in [1.165, 1.54) is 7.11 Å². The maximum absolute atomic E-state index is 11.6. The molecule has 7 nitrogen and oxygen atoms in total. The first-order valence-electron chi connectivity index (χ1n) is 7.96. The molecule has 1 aliphatic heterocycles. The number of amides is 1. The van der Waals surface area contributed by atoms with Gasteiger partial charge in [0.2, 0.25) is 11.7 Å². The van der Waals surface area contributed by atoms with Crippen molar-refractivity contribution in [3.05, 3.63) is 29.8 Å². The van der Waals surface area contributed by atoms with Crippen LogP contribution < -0.4 is 10.5 Å². The first kappa shape index (κ1) is 17.9. The van der Waals surface area contributed by atoms with E-state index in [1.54, 1.807) is 12.0 Å². The topological polar surface area (TPSA) is 89.5 Å². The Balaban J connectivity index is 2.05.